The average Bonchev–Trinajstić information content (AvgIpc) is 3.10. The Kier molecular flexibility index (Phi) is 5.48. The molecular weight excluding hydrogens is 422 g/mol. The first kappa shape index (κ1) is 18.3. The summed E-state index contributed by atoms with van der Waals surface area (Å²) in [5.41, 5.74) is 1.48. The standard InChI is InChI=1S/C16H15BrClN7O/c1-9-6-12(18)13(7-11(9)17)24-16(26)23-10(2)14-21-8-22-25(14)15-19-4-3-5-20-15/h3-8,10H,1-2H3,(H2,23,24,26). The number of aryl methyl sites for hydroxylation is 1. The van der Waals surface area contributed by atoms with Gasteiger partial charge in [-0.3, -0.25) is 0 Å². The minimum atomic E-state index is -0.436. The highest BCUT2D eigenvalue weighted by Gasteiger charge is 2.18. The van der Waals surface area contributed by atoms with Gasteiger partial charge in [0.25, 0.3) is 5.95 Å². The summed E-state index contributed by atoms with van der Waals surface area (Å²) >= 11 is 9.60. The highest BCUT2D eigenvalue weighted by atomic mass is 79.9. The quantitative estimate of drug-likeness (QED) is 0.650. The lowest BCUT2D eigenvalue weighted by atomic mass is 10.2. The van der Waals surface area contributed by atoms with E-state index in [0.29, 0.717) is 22.5 Å². The fraction of sp³-hybridized carbons (Fsp3) is 0.188. The molecule has 0 fully saturated rings. The van der Waals surface area contributed by atoms with Crippen LogP contribution in [0.1, 0.15) is 24.4 Å². The molecule has 0 spiro atoms. The van der Waals surface area contributed by atoms with Crippen LogP contribution in [0.4, 0.5) is 10.5 Å². The lowest BCUT2D eigenvalue weighted by Gasteiger charge is -2.15. The zero-order valence-electron chi connectivity index (χ0n) is 13.9. The Morgan fingerprint density at radius 3 is 2.73 bits per heavy atom. The molecule has 1 aromatic carbocycles. The van der Waals surface area contributed by atoms with E-state index in [2.05, 4.69) is 46.6 Å². The molecule has 0 radical (unpaired) electrons. The smallest absolute Gasteiger partial charge is 0.319 e. The van der Waals surface area contributed by atoms with Crippen LogP contribution in [0, 0.1) is 6.92 Å². The molecule has 1 unspecified atom stereocenters. The zero-order valence-corrected chi connectivity index (χ0v) is 16.3. The maximum absolute atomic E-state index is 12.3. The minimum Gasteiger partial charge on any atom is -0.328 e. The van der Waals surface area contributed by atoms with Gasteiger partial charge >= 0.3 is 6.03 Å². The first-order chi connectivity index (χ1) is 12.5. The molecule has 0 saturated heterocycles. The van der Waals surface area contributed by atoms with E-state index in [0.717, 1.165) is 10.0 Å². The highest BCUT2D eigenvalue weighted by molar-refractivity contribution is 9.10. The molecule has 0 saturated carbocycles. The van der Waals surface area contributed by atoms with Crippen molar-refractivity contribution in [1.29, 1.82) is 0 Å². The van der Waals surface area contributed by atoms with Gasteiger partial charge in [0, 0.05) is 16.9 Å². The molecule has 3 rings (SSSR count). The van der Waals surface area contributed by atoms with E-state index in [-0.39, 0.29) is 0 Å². The number of rotatable bonds is 4. The number of nitrogens with one attached hydrogen (secondary N) is 2. The number of halogens is 2. The highest BCUT2D eigenvalue weighted by Crippen LogP contribution is 2.29. The largest absolute Gasteiger partial charge is 0.328 e. The van der Waals surface area contributed by atoms with Crippen LogP contribution in [0.15, 0.2) is 41.4 Å². The van der Waals surface area contributed by atoms with Crippen molar-refractivity contribution in [1.82, 2.24) is 30.0 Å². The van der Waals surface area contributed by atoms with E-state index in [1.807, 2.05) is 6.92 Å². The molecule has 2 aromatic heterocycles. The van der Waals surface area contributed by atoms with Crippen LogP contribution in [0.5, 0.6) is 0 Å². The lowest BCUT2D eigenvalue weighted by molar-refractivity contribution is 0.248. The molecule has 134 valence electrons. The maximum atomic E-state index is 12.3. The van der Waals surface area contributed by atoms with Crippen LogP contribution in [-0.4, -0.2) is 30.8 Å². The summed E-state index contributed by atoms with van der Waals surface area (Å²) in [4.78, 5) is 24.8. The first-order valence-corrected chi connectivity index (χ1v) is 8.83. The van der Waals surface area contributed by atoms with Gasteiger partial charge in [-0.05, 0) is 37.6 Å². The van der Waals surface area contributed by atoms with Crippen molar-refractivity contribution in [3.05, 3.63) is 57.8 Å². The lowest BCUT2D eigenvalue weighted by Crippen LogP contribution is -2.32. The summed E-state index contributed by atoms with van der Waals surface area (Å²) < 4.78 is 2.33. The normalized spacial score (nSPS) is 11.8. The van der Waals surface area contributed by atoms with Crippen molar-refractivity contribution in [3.8, 4) is 5.95 Å². The average molecular weight is 437 g/mol. The van der Waals surface area contributed by atoms with Crippen molar-refractivity contribution in [2.75, 3.05) is 5.32 Å². The summed E-state index contributed by atoms with van der Waals surface area (Å²) in [6, 6.07) is 4.38. The van der Waals surface area contributed by atoms with Crippen LogP contribution < -0.4 is 10.6 Å². The number of carbonyl (C=O) groups excluding carboxylic acids is 1. The van der Waals surface area contributed by atoms with Crippen LogP contribution in [-0.2, 0) is 0 Å². The van der Waals surface area contributed by atoms with Crippen LogP contribution in [0.3, 0.4) is 0 Å². The molecular formula is C16H15BrClN7O. The van der Waals surface area contributed by atoms with E-state index < -0.39 is 12.1 Å². The van der Waals surface area contributed by atoms with Gasteiger partial charge in [0.2, 0.25) is 0 Å². The Hall–Kier alpha value is -2.52. The number of hydrogen-bond acceptors (Lipinski definition) is 5. The Morgan fingerprint density at radius 1 is 1.27 bits per heavy atom. The number of nitrogens with zero attached hydrogens (tertiary/aromatic N) is 5. The van der Waals surface area contributed by atoms with E-state index >= 15 is 0 Å². The minimum absolute atomic E-state index is 0.375. The fourth-order valence-corrected chi connectivity index (χ4v) is 2.87. The molecule has 1 atom stereocenters. The summed E-state index contributed by atoms with van der Waals surface area (Å²) in [6.07, 6.45) is 4.60. The Morgan fingerprint density at radius 2 is 2.00 bits per heavy atom. The summed E-state index contributed by atoms with van der Waals surface area (Å²) in [6.45, 7) is 3.70. The van der Waals surface area contributed by atoms with Crippen molar-refractivity contribution in [2.24, 2.45) is 0 Å². The number of anilines is 1. The topological polar surface area (TPSA) is 97.6 Å². The molecule has 0 bridgehead atoms. The van der Waals surface area contributed by atoms with Gasteiger partial charge in [-0.15, -0.1) is 0 Å². The second-order valence-electron chi connectivity index (χ2n) is 5.48. The van der Waals surface area contributed by atoms with Crippen molar-refractivity contribution < 1.29 is 4.79 Å². The Bertz CT molecular complexity index is 932. The third-order valence-corrected chi connectivity index (χ3v) is 4.71. The molecule has 2 N–H and O–H groups in total. The maximum Gasteiger partial charge on any atom is 0.319 e. The van der Waals surface area contributed by atoms with E-state index in [1.165, 1.54) is 11.0 Å². The van der Waals surface area contributed by atoms with Crippen LogP contribution in [0.2, 0.25) is 5.02 Å². The van der Waals surface area contributed by atoms with Gasteiger partial charge in [-0.25, -0.2) is 19.7 Å². The second-order valence-corrected chi connectivity index (χ2v) is 6.74. The van der Waals surface area contributed by atoms with E-state index in [1.54, 1.807) is 37.5 Å². The van der Waals surface area contributed by atoms with Crippen molar-refractivity contribution >= 4 is 39.2 Å². The third-order valence-electron chi connectivity index (χ3n) is 3.55. The molecule has 0 aliphatic rings. The van der Waals surface area contributed by atoms with Gasteiger partial charge in [-0.1, -0.05) is 27.5 Å². The van der Waals surface area contributed by atoms with Gasteiger partial charge in [0.1, 0.15) is 6.33 Å². The Balaban J connectivity index is 1.73. The van der Waals surface area contributed by atoms with E-state index in [4.69, 9.17) is 11.6 Å². The molecule has 0 aliphatic heterocycles. The summed E-state index contributed by atoms with van der Waals surface area (Å²) in [7, 11) is 0. The third kappa shape index (κ3) is 4.00. The number of urea groups is 1. The zero-order chi connectivity index (χ0) is 18.7. The molecule has 10 heteroatoms. The van der Waals surface area contributed by atoms with Gasteiger partial charge in [0.15, 0.2) is 5.82 Å². The summed E-state index contributed by atoms with van der Waals surface area (Å²) in [5, 5.41) is 10.1. The number of amides is 2. The monoisotopic (exact) mass is 435 g/mol. The van der Waals surface area contributed by atoms with Gasteiger partial charge < -0.3 is 10.6 Å². The number of aromatic nitrogens is 5. The fourth-order valence-electron chi connectivity index (χ4n) is 2.26. The van der Waals surface area contributed by atoms with Crippen LogP contribution in [0.25, 0.3) is 5.95 Å². The van der Waals surface area contributed by atoms with Crippen molar-refractivity contribution in [3.63, 3.8) is 0 Å². The first-order valence-electron chi connectivity index (χ1n) is 7.66. The molecule has 0 aliphatic carbocycles. The molecule has 26 heavy (non-hydrogen) atoms. The predicted octanol–water partition coefficient (Wildman–Crippen LogP) is 3.66. The SMILES string of the molecule is Cc1cc(Cl)c(NC(=O)NC(C)c2ncnn2-c2ncccn2)cc1Br. The molecule has 3 aromatic rings. The molecule has 2 amide bonds. The number of benzene rings is 1. The van der Waals surface area contributed by atoms with Gasteiger partial charge in [-0.2, -0.15) is 9.78 Å². The number of hydrogen-bond donors (Lipinski definition) is 2. The predicted molar refractivity (Wildman–Crippen MR) is 101 cm³/mol. The summed E-state index contributed by atoms with van der Waals surface area (Å²) in [5.74, 6) is 0.877. The van der Waals surface area contributed by atoms with E-state index in [9.17, 15) is 4.79 Å². The van der Waals surface area contributed by atoms with Crippen molar-refractivity contribution in [2.45, 2.75) is 19.9 Å². The molecule has 2 heterocycles. The number of carbonyl (C=O) groups is 1. The van der Waals surface area contributed by atoms with Crippen LogP contribution >= 0.6 is 27.5 Å². The second kappa shape index (κ2) is 7.79. The van der Waals surface area contributed by atoms with Gasteiger partial charge in [0.05, 0.1) is 16.8 Å². The Labute approximate surface area is 163 Å². The molecule has 8 nitrogen and oxygen atoms in total.